The molecule has 0 aliphatic heterocycles. The Morgan fingerprint density at radius 2 is 2.00 bits per heavy atom. The third kappa shape index (κ3) is 3.16. The van der Waals surface area contributed by atoms with Gasteiger partial charge in [-0.05, 0) is 18.8 Å². The predicted octanol–water partition coefficient (Wildman–Crippen LogP) is 1.55. The highest BCUT2D eigenvalue weighted by Crippen LogP contribution is 2.24. The summed E-state index contributed by atoms with van der Waals surface area (Å²) in [5, 5.41) is 13.2. The molecule has 0 aromatic carbocycles. The average Bonchev–Trinajstić information content (AvgIpc) is 2.69. The first-order chi connectivity index (χ1) is 7.14. The molecule has 0 radical (unpaired) electrons. The summed E-state index contributed by atoms with van der Waals surface area (Å²) < 4.78 is 5.25. The molecule has 2 N–H and O–H groups in total. The Morgan fingerprint density at radius 1 is 1.40 bits per heavy atom. The Morgan fingerprint density at radius 3 is 2.40 bits per heavy atom. The number of ether oxygens (including phenoxy) is 1. The van der Waals surface area contributed by atoms with Crippen molar-refractivity contribution in [3.63, 3.8) is 0 Å². The van der Waals surface area contributed by atoms with Gasteiger partial charge in [-0.2, -0.15) is 0 Å². The normalized spacial score (nSPS) is 22.2. The zero-order valence-corrected chi connectivity index (χ0v) is 10.3. The molecule has 90 valence electrons. The predicted molar refractivity (Wildman–Crippen MR) is 61.9 cm³/mol. The van der Waals surface area contributed by atoms with Crippen molar-refractivity contribution < 1.29 is 9.84 Å². The third-order valence-corrected chi connectivity index (χ3v) is 3.64. The molecule has 1 atom stereocenters. The highest BCUT2D eigenvalue weighted by atomic mass is 16.5. The number of hydrogen-bond acceptors (Lipinski definition) is 3. The van der Waals surface area contributed by atoms with E-state index in [1.165, 1.54) is 25.7 Å². The Kier molecular flexibility index (Phi) is 5.03. The second-order valence-electron chi connectivity index (χ2n) is 5.03. The van der Waals surface area contributed by atoms with Gasteiger partial charge in [0.1, 0.15) is 0 Å². The third-order valence-electron chi connectivity index (χ3n) is 3.64. The minimum atomic E-state index is -0.260. The van der Waals surface area contributed by atoms with Crippen LogP contribution < -0.4 is 5.32 Å². The van der Waals surface area contributed by atoms with Gasteiger partial charge in [0.2, 0.25) is 0 Å². The first kappa shape index (κ1) is 12.9. The summed E-state index contributed by atoms with van der Waals surface area (Å²) in [7, 11) is 1.70. The highest BCUT2D eigenvalue weighted by molar-refractivity contribution is 4.94. The van der Waals surface area contributed by atoms with Gasteiger partial charge in [0.25, 0.3) is 0 Å². The van der Waals surface area contributed by atoms with Gasteiger partial charge in [-0.3, -0.25) is 0 Å². The maximum absolute atomic E-state index is 9.60. The topological polar surface area (TPSA) is 41.5 Å². The van der Waals surface area contributed by atoms with Crippen molar-refractivity contribution in [1.29, 1.82) is 0 Å². The fraction of sp³-hybridized carbons (Fsp3) is 1.00. The van der Waals surface area contributed by atoms with E-state index in [0.29, 0.717) is 18.6 Å². The monoisotopic (exact) mass is 215 g/mol. The van der Waals surface area contributed by atoms with Gasteiger partial charge < -0.3 is 15.2 Å². The molecule has 1 saturated carbocycles. The fourth-order valence-electron chi connectivity index (χ4n) is 2.38. The van der Waals surface area contributed by atoms with Crippen LogP contribution in [-0.4, -0.2) is 37.0 Å². The van der Waals surface area contributed by atoms with Gasteiger partial charge in [-0.1, -0.05) is 26.7 Å². The van der Waals surface area contributed by atoms with Crippen molar-refractivity contribution in [2.45, 2.75) is 51.1 Å². The van der Waals surface area contributed by atoms with Crippen LogP contribution >= 0.6 is 0 Å². The Hall–Kier alpha value is -0.120. The lowest BCUT2D eigenvalue weighted by Gasteiger charge is -2.38. The van der Waals surface area contributed by atoms with Gasteiger partial charge in [0.05, 0.1) is 18.8 Å². The van der Waals surface area contributed by atoms with E-state index in [2.05, 4.69) is 19.2 Å². The molecule has 15 heavy (non-hydrogen) atoms. The van der Waals surface area contributed by atoms with Crippen molar-refractivity contribution in [2.24, 2.45) is 5.92 Å². The number of methoxy groups -OCH3 is 1. The van der Waals surface area contributed by atoms with Crippen LogP contribution in [0.3, 0.4) is 0 Å². The van der Waals surface area contributed by atoms with Crippen LogP contribution in [0.15, 0.2) is 0 Å². The Bertz CT molecular complexity index is 178. The van der Waals surface area contributed by atoms with Gasteiger partial charge in [0.15, 0.2) is 0 Å². The molecule has 1 rings (SSSR count). The van der Waals surface area contributed by atoms with Gasteiger partial charge in [-0.25, -0.2) is 0 Å². The SMILES string of the molecule is COCC(CO)(NC1CCCC1)C(C)C. The molecule has 0 bridgehead atoms. The van der Waals surface area contributed by atoms with Crippen molar-refractivity contribution in [3.05, 3.63) is 0 Å². The van der Waals surface area contributed by atoms with E-state index in [-0.39, 0.29) is 12.1 Å². The summed E-state index contributed by atoms with van der Waals surface area (Å²) in [6.07, 6.45) is 5.09. The standard InChI is InChI=1S/C12H25NO2/c1-10(2)12(8-14,9-15-3)13-11-6-4-5-7-11/h10-11,13-14H,4-9H2,1-3H3. The first-order valence-electron chi connectivity index (χ1n) is 6.02. The molecule has 3 heteroatoms. The van der Waals surface area contributed by atoms with Crippen molar-refractivity contribution in [2.75, 3.05) is 20.3 Å². The number of rotatable bonds is 6. The van der Waals surface area contributed by atoms with Crippen LogP contribution in [0, 0.1) is 5.92 Å². The number of nitrogens with one attached hydrogen (secondary N) is 1. The largest absolute Gasteiger partial charge is 0.394 e. The fourth-order valence-corrected chi connectivity index (χ4v) is 2.38. The first-order valence-corrected chi connectivity index (χ1v) is 6.02. The van der Waals surface area contributed by atoms with Gasteiger partial charge >= 0.3 is 0 Å². The molecule has 3 nitrogen and oxygen atoms in total. The second kappa shape index (κ2) is 5.83. The van der Waals surface area contributed by atoms with Crippen molar-refractivity contribution >= 4 is 0 Å². The van der Waals surface area contributed by atoms with E-state index in [0.717, 1.165) is 0 Å². The number of hydrogen-bond donors (Lipinski definition) is 2. The Balaban J connectivity index is 2.60. The quantitative estimate of drug-likeness (QED) is 0.706. The van der Waals surface area contributed by atoms with Crippen LogP contribution in [0.5, 0.6) is 0 Å². The zero-order valence-electron chi connectivity index (χ0n) is 10.3. The van der Waals surface area contributed by atoms with Crippen LogP contribution in [0.4, 0.5) is 0 Å². The molecule has 1 unspecified atom stereocenters. The lowest BCUT2D eigenvalue weighted by molar-refractivity contribution is 0.0255. The lowest BCUT2D eigenvalue weighted by Crippen LogP contribution is -2.59. The zero-order chi connectivity index (χ0) is 11.3. The molecular formula is C12H25NO2. The van der Waals surface area contributed by atoms with Crippen LogP contribution in [-0.2, 0) is 4.74 Å². The molecule has 0 aromatic rings. The molecular weight excluding hydrogens is 190 g/mol. The van der Waals surface area contributed by atoms with E-state index in [1.807, 2.05) is 0 Å². The molecule has 0 spiro atoms. The molecule has 0 heterocycles. The van der Waals surface area contributed by atoms with Crippen LogP contribution in [0.2, 0.25) is 0 Å². The maximum atomic E-state index is 9.60. The molecule has 0 saturated heterocycles. The Labute approximate surface area is 93.2 Å². The van der Waals surface area contributed by atoms with Crippen LogP contribution in [0.1, 0.15) is 39.5 Å². The summed E-state index contributed by atoms with van der Waals surface area (Å²) in [5.41, 5.74) is -0.260. The highest BCUT2D eigenvalue weighted by Gasteiger charge is 2.35. The summed E-state index contributed by atoms with van der Waals surface area (Å²) >= 11 is 0. The lowest BCUT2D eigenvalue weighted by atomic mass is 9.87. The average molecular weight is 215 g/mol. The maximum Gasteiger partial charge on any atom is 0.0676 e. The molecule has 0 aromatic heterocycles. The van der Waals surface area contributed by atoms with E-state index >= 15 is 0 Å². The summed E-state index contributed by atoms with van der Waals surface area (Å²) in [5.74, 6) is 0.378. The second-order valence-corrected chi connectivity index (χ2v) is 5.03. The molecule has 1 aliphatic rings. The summed E-state index contributed by atoms with van der Waals surface area (Å²) in [4.78, 5) is 0. The number of aliphatic hydroxyl groups is 1. The summed E-state index contributed by atoms with van der Waals surface area (Å²) in [6.45, 7) is 5.00. The molecule has 1 fully saturated rings. The minimum Gasteiger partial charge on any atom is -0.394 e. The summed E-state index contributed by atoms with van der Waals surface area (Å²) in [6, 6.07) is 0.565. The molecule has 0 amide bonds. The van der Waals surface area contributed by atoms with E-state index in [1.54, 1.807) is 7.11 Å². The van der Waals surface area contributed by atoms with Crippen molar-refractivity contribution in [3.8, 4) is 0 Å². The number of aliphatic hydroxyl groups excluding tert-OH is 1. The van der Waals surface area contributed by atoms with Gasteiger partial charge in [0, 0.05) is 13.2 Å². The smallest absolute Gasteiger partial charge is 0.0676 e. The van der Waals surface area contributed by atoms with Crippen LogP contribution in [0.25, 0.3) is 0 Å². The van der Waals surface area contributed by atoms with Crippen molar-refractivity contribution in [1.82, 2.24) is 5.32 Å². The molecule has 1 aliphatic carbocycles. The van der Waals surface area contributed by atoms with Gasteiger partial charge in [-0.15, -0.1) is 0 Å². The van der Waals surface area contributed by atoms with E-state index in [4.69, 9.17) is 4.74 Å². The van der Waals surface area contributed by atoms with E-state index in [9.17, 15) is 5.11 Å². The van der Waals surface area contributed by atoms with E-state index < -0.39 is 0 Å². The minimum absolute atomic E-state index is 0.148.